The number of carbonyl (C=O) groups is 1. The largest absolute Gasteiger partial charge is 0.394 e. The van der Waals surface area contributed by atoms with Gasteiger partial charge >= 0.3 is 0 Å². The molecule has 3 rings (SSSR count). The van der Waals surface area contributed by atoms with Crippen molar-refractivity contribution in [2.24, 2.45) is 0 Å². The highest BCUT2D eigenvalue weighted by Gasteiger charge is 2.54. The van der Waals surface area contributed by atoms with E-state index < -0.39 is 124 Å². The molecule has 0 radical (unpaired) electrons. The molecule has 17 atom stereocenters. The van der Waals surface area contributed by atoms with E-state index in [4.69, 9.17) is 28.4 Å². The SMILES string of the molecule is CC/C=C\C/C=C\C/C=C\C/C=C\C/C=C\C/C=C\C/C=C\CCCCCCCCCCCCCCCCCCCCCC(=O)NC(COC1OC(CO)C(OC2OC(CO)C(OC3OC(CO)C(O)C(O)C3O)C(O)C2O)C(O)C1O)C(O)/C=C/CC/C=C/CCCCCCCCCCCCCCCCC. The normalized spacial score (nSPS) is 26.1. The predicted octanol–water partition coefficient (Wildman–Crippen LogP) is 15.3. The monoisotopic (exact) mass is 1510 g/mol. The highest BCUT2D eigenvalue weighted by Crippen LogP contribution is 2.33. The molecular weight excluding hydrogens is 1360 g/mol. The lowest BCUT2D eigenvalue weighted by molar-refractivity contribution is -0.379. The van der Waals surface area contributed by atoms with Crippen LogP contribution in [0.25, 0.3) is 0 Å². The number of unbranched alkanes of at least 4 members (excludes halogenated alkanes) is 35. The first-order valence-electron chi connectivity index (χ1n) is 42.6. The smallest absolute Gasteiger partial charge is 0.220 e. The van der Waals surface area contributed by atoms with Crippen LogP contribution in [0.4, 0.5) is 0 Å². The number of nitrogens with one attached hydrogen (secondary N) is 1. The minimum absolute atomic E-state index is 0.233. The zero-order valence-electron chi connectivity index (χ0n) is 66.3. The van der Waals surface area contributed by atoms with Crippen molar-refractivity contribution in [1.82, 2.24) is 5.32 Å². The number of ether oxygens (including phenoxy) is 6. The molecule has 618 valence electrons. The van der Waals surface area contributed by atoms with Gasteiger partial charge in [-0.1, -0.05) is 322 Å². The molecule has 1 amide bonds. The van der Waals surface area contributed by atoms with Gasteiger partial charge in [0.15, 0.2) is 18.9 Å². The minimum atomic E-state index is -1.98. The number of amides is 1. The van der Waals surface area contributed by atoms with Gasteiger partial charge in [0, 0.05) is 6.42 Å². The maximum atomic E-state index is 13.5. The first-order chi connectivity index (χ1) is 52.3. The number of aliphatic hydroxyl groups excluding tert-OH is 11. The molecule has 3 aliphatic rings. The molecule has 19 heteroatoms. The summed E-state index contributed by atoms with van der Waals surface area (Å²) in [7, 11) is 0. The Balaban J connectivity index is 1.32. The molecular formula is C88H153NO18. The summed E-state index contributed by atoms with van der Waals surface area (Å²) in [5.74, 6) is -0.284. The van der Waals surface area contributed by atoms with Crippen molar-refractivity contribution in [2.45, 2.75) is 413 Å². The maximum absolute atomic E-state index is 13.5. The van der Waals surface area contributed by atoms with Crippen molar-refractivity contribution in [2.75, 3.05) is 26.4 Å². The van der Waals surface area contributed by atoms with Crippen molar-refractivity contribution >= 4 is 5.91 Å². The van der Waals surface area contributed by atoms with Crippen LogP contribution in [0.3, 0.4) is 0 Å². The van der Waals surface area contributed by atoms with E-state index in [1.807, 2.05) is 6.08 Å². The number of hydrogen-bond acceptors (Lipinski definition) is 18. The summed E-state index contributed by atoms with van der Waals surface area (Å²) in [6, 6.07) is -0.995. The van der Waals surface area contributed by atoms with Crippen LogP contribution in [0.15, 0.2) is 109 Å². The van der Waals surface area contributed by atoms with E-state index in [9.17, 15) is 61.0 Å². The van der Waals surface area contributed by atoms with E-state index in [0.717, 1.165) is 83.5 Å². The molecule has 3 heterocycles. The fourth-order valence-electron chi connectivity index (χ4n) is 13.8. The summed E-state index contributed by atoms with van der Waals surface area (Å²) in [4.78, 5) is 13.5. The van der Waals surface area contributed by atoms with Crippen LogP contribution in [0.2, 0.25) is 0 Å². The van der Waals surface area contributed by atoms with Gasteiger partial charge in [0.25, 0.3) is 0 Å². The van der Waals surface area contributed by atoms with Gasteiger partial charge in [-0.2, -0.15) is 0 Å². The molecule has 0 bridgehead atoms. The first-order valence-corrected chi connectivity index (χ1v) is 42.6. The molecule has 17 unspecified atom stereocenters. The van der Waals surface area contributed by atoms with Crippen LogP contribution in [0.1, 0.15) is 309 Å². The summed E-state index contributed by atoms with van der Waals surface area (Å²) in [5, 5.41) is 121. The van der Waals surface area contributed by atoms with Gasteiger partial charge in [0.1, 0.15) is 73.2 Å². The second-order valence-corrected chi connectivity index (χ2v) is 29.9. The molecule has 0 aromatic carbocycles. The third-order valence-corrected chi connectivity index (χ3v) is 20.6. The predicted molar refractivity (Wildman–Crippen MR) is 429 cm³/mol. The van der Waals surface area contributed by atoms with E-state index in [0.29, 0.717) is 12.8 Å². The number of hydrogen-bond donors (Lipinski definition) is 12. The Kier molecular flexibility index (Phi) is 61.1. The zero-order valence-corrected chi connectivity index (χ0v) is 66.3. The Bertz CT molecular complexity index is 2360. The standard InChI is InChI=1S/C88H153NO18/c1-3-5-7-9-11-13-15-17-19-21-23-25-26-27-28-29-30-31-32-33-34-35-36-37-38-39-40-41-42-43-44-46-48-50-52-54-56-58-60-62-64-66-76(94)89-71(72(93)65-63-61-59-57-55-53-51-49-47-45-24-22-20-18-16-14-12-10-8-6-4-2)70-102-86-82(100)79(97)84(74(68-91)104-86)107-88-83(101)80(98)85(75(69-92)105-88)106-87-81(99)78(96)77(95)73(67-90)103-87/h5,7,11,13,17,19,23,25,27-28,30-31,33-34,55,57,63,65,71-75,77-88,90-93,95-101H,3-4,6,8-10,12,14-16,18,20-22,24,26,29,32,35-54,56,58-62,64,66-70H2,1-2H3,(H,89,94)/b7-5-,13-11-,19-17-,25-23-,28-27-,31-30-,34-33-,57-55+,65-63+. The number of rotatable bonds is 67. The van der Waals surface area contributed by atoms with Crippen molar-refractivity contribution in [3.8, 4) is 0 Å². The molecule has 3 saturated heterocycles. The number of aliphatic hydroxyl groups is 11. The van der Waals surface area contributed by atoms with Gasteiger partial charge in [-0.25, -0.2) is 0 Å². The summed E-state index contributed by atoms with van der Waals surface area (Å²) in [6.45, 7) is 1.63. The lowest BCUT2D eigenvalue weighted by Crippen LogP contribution is -2.66. The molecule has 19 nitrogen and oxygen atoms in total. The zero-order chi connectivity index (χ0) is 77.4. The van der Waals surface area contributed by atoms with Crippen LogP contribution in [-0.4, -0.2) is 193 Å². The fourth-order valence-corrected chi connectivity index (χ4v) is 13.8. The molecule has 3 aliphatic heterocycles. The van der Waals surface area contributed by atoms with E-state index in [1.165, 1.54) is 193 Å². The quantitative estimate of drug-likeness (QED) is 0.0199. The first kappa shape index (κ1) is 97.6. The average Bonchev–Trinajstić information content (AvgIpc) is 0.782. The van der Waals surface area contributed by atoms with Gasteiger partial charge in [0.2, 0.25) is 5.91 Å². The minimum Gasteiger partial charge on any atom is -0.394 e. The molecule has 0 aliphatic carbocycles. The second kappa shape index (κ2) is 67.0. The lowest BCUT2D eigenvalue weighted by atomic mass is 9.96. The van der Waals surface area contributed by atoms with Crippen LogP contribution in [-0.2, 0) is 33.2 Å². The van der Waals surface area contributed by atoms with Crippen molar-refractivity contribution in [3.05, 3.63) is 109 Å². The summed E-state index contributed by atoms with van der Waals surface area (Å²) < 4.78 is 34.5. The average molecular weight is 1510 g/mol. The van der Waals surface area contributed by atoms with Crippen LogP contribution in [0, 0.1) is 0 Å². The van der Waals surface area contributed by atoms with Gasteiger partial charge < -0.3 is 89.9 Å². The van der Waals surface area contributed by atoms with Crippen molar-refractivity contribution in [1.29, 1.82) is 0 Å². The van der Waals surface area contributed by atoms with E-state index in [2.05, 4.69) is 116 Å². The third-order valence-electron chi connectivity index (χ3n) is 20.6. The number of carbonyl (C=O) groups excluding carboxylic acids is 1. The second-order valence-electron chi connectivity index (χ2n) is 29.9. The molecule has 0 saturated carbocycles. The van der Waals surface area contributed by atoms with Crippen LogP contribution in [0.5, 0.6) is 0 Å². The lowest BCUT2D eigenvalue weighted by Gasteiger charge is -2.48. The Hall–Kier alpha value is -3.55. The highest BCUT2D eigenvalue weighted by molar-refractivity contribution is 5.76. The van der Waals surface area contributed by atoms with Gasteiger partial charge in [0.05, 0.1) is 38.6 Å². The Morgan fingerprint density at radius 3 is 1.05 bits per heavy atom. The highest BCUT2D eigenvalue weighted by atomic mass is 16.8. The van der Waals surface area contributed by atoms with E-state index >= 15 is 0 Å². The van der Waals surface area contributed by atoms with Gasteiger partial charge in [-0.3, -0.25) is 4.79 Å². The molecule has 0 aromatic heterocycles. The molecule has 107 heavy (non-hydrogen) atoms. The maximum Gasteiger partial charge on any atom is 0.220 e. The van der Waals surface area contributed by atoms with Crippen LogP contribution >= 0.6 is 0 Å². The Morgan fingerprint density at radius 2 is 0.654 bits per heavy atom. The number of allylic oxidation sites excluding steroid dienone is 17. The van der Waals surface area contributed by atoms with Crippen LogP contribution < -0.4 is 5.32 Å². The van der Waals surface area contributed by atoms with Gasteiger partial charge in [-0.15, -0.1) is 0 Å². The topological polar surface area (TPSA) is 307 Å². The summed E-state index contributed by atoms with van der Waals surface area (Å²) in [6.07, 6.45) is 66.6. The third kappa shape index (κ3) is 46.3. The molecule has 0 spiro atoms. The van der Waals surface area contributed by atoms with E-state index in [-0.39, 0.29) is 18.9 Å². The van der Waals surface area contributed by atoms with Crippen molar-refractivity contribution < 1.29 is 89.4 Å². The molecule has 12 N–H and O–H groups in total. The van der Waals surface area contributed by atoms with E-state index in [1.54, 1.807) is 6.08 Å². The summed E-state index contributed by atoms with van der Waals surface area (Å²) in [5.41, 5.74) is 0. The Labute approximate surface area is 646 Å². The van der Waals surface area contributed by atoms with Crippen molar-refractivity contribution in [3.63, 3.8) is 0 Å². The molecule has 0 aromatic rings. The Morgan fingerprint density at radius 1 is 0.346 bits per heavy atom. The van der Waals surface area contributed by atoms with Gasteiger partial charge in [-0.05, 0) is 89.9 Å². The molecule has 3 fully saturated rings. The fraction of sp³-hybridized carbons (Fsp3) is 0.784. The summed E-state index contributed by atoms with van der Waals surface area (Å²) >= 11 is 0.